The van der Waals surface area contributed by atoms with Gasteiger partial charge < -0.3 is 14.5 Å². The summed E-state index contributed by atoms with van der Waals surface area (Å²) in [5.74, 6) is -0.346. The maximum absolute atomic E-state index is 13.2. The molecular formula is C22H33N4O5S. The van der Waals surface area contributed by atoms with E-state index in [-0.39, 0.29) is 22.5 Å². The molecule has 0 saturated carbocycles. The predicted octanol–water partition coefficient (Wildman–Crippen LogP) is 1.25. The van der Waals surface area contributed by atoms with E-state index in [4.69, 9.17) is 4.74 Å². The molecule has 1 radical (unpaired) electrons. The predicted molar refractivity (Wildman–Crippen MR) is 122 cm³/mol. The minimum atomic E-state index is -4.12. The van der Waals surface area contributed by atoms with Crippen molar-refractivity contribution in [3.8, 4) is 5.75 Å². The number of para-hydroxylation sites is 1. The average Bonchev–Trinajstić information content (AvgIpc) is 2.78. The van der Waals surface area contributed by atoms with Gasteiger partial charge in [-0.05, 0) is 45.7 Å². The van der Waals surface area contributed by atoms with E-state index < -0.39 is 16.1 Å². The number of nitrogens with zero attached hydrogens (tertiary/aromatic N) is 3. The van der Waals surface area contributed by atoms with Crippen molar-refractivity contribution < 1.29 is 22.7 Å². The third-order valence-corrected chi connectivity index (χ3v) is 7.51. The van der Waals surface area contributed by atoms with Crippen LogP contribution in [0.1, 0.15) is 33.1 Å². The van der Waals surface area contributed by atoms with Crippen LogP contribution < -0.4 is 14.4 Å². The number of ether oxygens (including phenoxy) is 1. The number of carbonyl (C=O) groups excluding carboxylic acids is 2. The van der Waals surface area contributed by atoms with Gasteiger partial charge in [0.25, 0.3) is 0 Å². The molecule has 1 aromatic carbocycles. The van der Waals surface area contributed by atoms with E-state index in [2.05, 4.69) is 30.4 Å². The van der Waals surface area contributed by atoms with Gasteiger partial charge in [0.2, 0.25) is 21.8 Å². The Labute approximate surface area is 190 Å². The molecule has 1 aromatic rings. The highest BCUT2D eigenvalue weighted by atomic mass is 32.2. The van der Waals surface area contributed by atoms with Crippen LogP contribution in [0, 0.1) is 6.92 Å². The molecule has 1 atom stereocenters. The fraction of sp³-hybridized carbons (Fsp3) is 0.591. The maximum Gasteiger partial charge on any atom is 0.245 e. The number of carbonyl (C=O) groups is 2. The number of rotatable bonds is 7. The van der Waals surface area contributed by atoms with Gasteiger partial charge in [-0.2, -0.15) is 4.72 Å². The molecule has 2 amide bonds. The maximum atomic E-state index is 13.2. The standard InChI is InChI=1S/C22H33N4O5S/c1-16(2)24-12-14-25(15-13-24)22(28)17(3)23-32(29,30)19-9-7-8-18(21(19)31-4)26-11-6-5-10-20(26)27/h7-9,16-17,23H,3,5-6,10-15H2,1-2,4H3/t17-/m0/s1. The summed E-state index contributed by atoms with van der Waals surface area (Å²) >= 11 is 0. The van der Waals surface area contributed by atoms with E-state index in [0.29, 0.717) is 37.8 Å². The van der Waals surface area contributed by atoms with Gasteiger partial charge in [0.05, 0.1) is 12.8 Å². The Morgan fingerprint density at radius 3 is 2.41 bits per heavy atom. The van der Waals surface area contributed by atoms with Crippen LogP contribution in [0.15, 0.2) is 23.1 Å². The first-order valence-corrected chi connectivity index (χ1v) is 12.5. The number of hydrogen-bond acceptors (Lipinski definition) is 6. The zero-order chi connectivity index (χ0) is 23.5. The topological polar surface area (TPSA) is 99.3 Å². The Bertz CT molecular complexity index is 942. The van der Waals surface area contributed by atoms with Gasteiger partial charge in [0, 0.05) is 45.2 Å². The van der Waals surface area contributed by atoms with Gasteiger partial charge in [-0.15, -0.1) is 0 Å². The highest BCUT2D eigenvalue weighted by molar-refractivity contribution is 7.89. The number of piperazine rings is 1. The van der Waals surface area contributed by atoms with E-state index >= 15 is 0 Å². The fourth-order valence-corrected chi connectivity index (χ4v) is 5.47. The van der Waals surface area contributed by atoms with Crippen LogP contribution in [0.25, 0.3) is 0 Å². The first-order valence-electron chi connectivity index (χ1n) is 11.0. The number of benzene rings is 1. The minimum Gasteiger partial charge on any atom is -0.493 e. The monoisotopic (exact) mass is 465 g/mol. The molecule has 0 bridgehead atoms. The molecule has 3 rings (SSSR count). The second-order valence-electron chi connectivity index (χ2n) is 8.44. The Balaban J connectivity index is 1.77. The highest BCUT2D eigenvalue weighted by Crippen LogP contribution is 2.36. The van der Waals surface area contributed by atoms with E-state index in [9.17, 15) is 18.0 Å². The molecule has 1 N–H and O–H groups in total. The second kappa shape index (κ2) is 10.2. The van der Waals surface area contributed by atoms with Gasteiger partial charge in [-0.3, -0.25) is 14.5 Å². The number of piperidine rings is 1. The van der Waals surface area contributed by atoms with E-state index in [1.807, 2.05) is 0 Å². The largest absolute Gasteiger partial charge is 0.493 e. The third-order valence-electron chi connectivity index (χ3n) is 6.02. The number of sulfonamides is 1. The Kier molecular flexibility index (Phi) is 7.79. The van der Waals surface area contributed by atoms with Gasteiger partial charge in [-0.25, -0.2) is 8.42 Å². The Hall–Kier alpha value is -2.17. The molecule has 0 aliphatic carbocycles. The van der Waals surface area contributed by atoms with Crippen LogP contribution in [0.4, 0.5) is 5.69 Å². The van der Waals surface area contributed by atoms with Crippen molar-refractivity contribution in [2.24, 2.45) is 0 Å². The minimum absolute atomic E-state index is 0.0668. The Morgan fingerprint density at radius 1 is 1.12 bits per heavy atom. The first-order chi connectivity index (χ1) is 15.2. The Morgan fingerprint density at radius 2 is 1.81 bits per heavy atom. The summed E-state index contributed by atoms with van der Waals surface area (Å²) in [4.78, 5) is 30.5. The number of nitrogens with one attached hydrogen (secondary N) is 1. The molecular weight excluding hydrogens is 432 g/mol. The van der Waals surface area contributed by atoms with Crippen molar-refractivity contribution in [1.29, 1.82) is 0 Å². The number of hydrogen-bond donors (Lipinski definition) is 1. The van der Waals surface area contributed by atoms with Crippen molar-refractivity contribution in [2.75, 3.05) is 44.7 Å². The lowest BCUT2D eigenvalue weighted by Crippen LogP contribution is -2.55. The van der Waals surface area contributed by atoms with E-state index in [1.165, 1.54) is 13.2 Å². The number of anilines is 1. The number of amides is 2. The van der Waals surface area contributed by atoms with Crippen LogP contribution in [0.2, 0.25) is 0 Å². The lowest BCUT2D eigenvalue weighted by Gasteiger charge is -2.37. The summed E-state index contributed by atoms with van der Waals surface area (Å²) in [6.07, 6.45) is 2.06. The molecule has 0 unspecified atom stereocenters. The molecule has 0 spiro atoms. The molecule has 9 nitrogen and oxygen atoms in total. The molecule has 2 saturated heterocycles. The smallest absolute Gasteiger partial charge is 0.245 e. The van der Waals surface area contributed by atoms with Crippen molar-refractivity contribution in [1.82, 2.24) is 14.5 Å². The fourth-order valence-electron chi connectivity index (χ4n) is 4.17. The van der Waals surface area contributed by atoms with E-state index in [0.717, 1.165) is 25.9 Å². The molecule has 32 heavy (non-hydrogen) atoms. The van der Waals surface area contributed by atoms with E-state index in [1.54, 1.807) is 21.9 Å². The zero-order valence-electron chi connectivity index (χ0n) is 19.0. The van der Waals surface area contributed by atoms with Crippen molar-refractivity contribution in [3.63, 3.8) is 0 Å². The molecule has 2 aliphatic heterocycles. The summed E-state index contributed by atoms with van der Waals surface area (Å²) in [6, 6.07) is 3.86. The van der Waals surface area contributed by atoms with Crippen LogP contribution in [0.5, 0.6) is 5.75 Å². The normalized spacial score (nSPS) is 19.3. The molecule has 2 aliphatic rings. The number of methoxy groups -OCH3 is 1. The van der Waals surface area contributed by atoms with Crippen LogP contribution in [-0.4, -0.2) is 81.9 Å². The SMILES string of the molecule is [CH2][C@H](NS(=O)(=O)c1cccc(N2CCCCC2=O)c1OC)C(=O)N1CCN(C(C)C)CC1. The quantitative estimate of drug-likeness (QED) is 0.651. The summed E-state index contributed by atoms with van der Waals surface area (Å²) in [6.45, 7) is 11.0. The van der Waals surface area contributed by atoms with Gasteiger partial charge in [-0.1, -0.05) is 6.07 Å². The lowest BCUT2D eigenvalue weighted by atomic mass is 10.1. The van der Waals surface area contributed by atoms with Crippen LogP contribution >= 0.6 is 0 Å². The highest BCUT2D eigenvalue weighted by Gasteiger charge is 2.32. The summed E-state index contributed by atoms with van der Waals surface area (Å²) < 4.78 is 34.1. The molecule has 10 heteroatoms. The first kappa shape index (κ1) is 24.5. The van der Waals surface area contributed by atoms with Crippen LogP contribution in [0.3, 0.4) is 0 Å². The summed E-state index contributed by atoms with van der Waals surface area (Å²) in [5, 5.41) is 0. The van der Waals surface area contributed by atoms with Crippen LogP contribution in [-0.2, 0) is 19.6 Å². The average molecular weight is 466 g/mol. The molecule has 2 heterocycles. The van der Waals surface area contributed by atoms with Gasteiger partial charge in [0.15, 0.2) is 5.75 Å². The van der Waals surface area contributed by atoms with Crippen molar-refractivity contribution in [3.05, 3.63) is 25.1 Å². The molecule has 177 valence electrons. The molecule has 0 aromatic heterocycles. The zero-order valence-corrected chi connectivity index (χ0v) is 19.9. The molecule has 2 fully saturated rings. The second-order valence-corrected chi connectivity index (χ2v) is 10.1. The summed E-state index contributed by atoms with van der Waals surface area (Å²) in [5.41, 5.74) is 0.414. The van der Waals surface area contributed by atoms with Gasteiger partial charge >= 0.3 is 0 Å². The van der Waals surface area contributed by atoms with Gasteiger partial charge in [0.1, 0.15) is 10.9 Å². The summed E-state index contributed by atoms with van der Waals surface area (Å²) in [7, 11) is -2.75. The van der Waals surface area contributed by atoms with Crippen molar-refractivity contribution in [2.45, 2.75) is 50.1 Å². The third kappa shape index (κ3) is 5.24. The lowest BCUT2D eigenvalue weighted by molar-refractivity contribution is -0.134. The van der Waals surface area contributed by atoms with Crippen molar-refractivity contribution >= 4 is 27.5 Å².